The van der Waals surface area contributed by atoms with E-state index in [2.05, 4.69) is 198 Å². The molecule has 0 aliphatic heterocycles. The van der Waals surface area contributed by atoms with E-state index in [1.807, 2.05) is 12.7 Å². The number of hydrogen-bond acceptors (Lipinski definition) is 2. The van der Waals surface area contributed by atoms with E-state index in [0.29, 0.717) is 6.61 Å². The SMILES string of the molecule is CCO/C([O-])=C/[P+](c1ccc(C)cc1)(c1ccc(C)cc1)c1ccc2ccccc2c1-c1c(P(c2ccc(C)cc2)c2ccc(C)cc2)ccc2ccccc12. The van der Waals surface area contributed by atoms with Crippen LogP contribution < -0.4 is 36.9 Å². The highest BCUT2D eigenvalue weighted by Crippen LogP contribution is 2.60. The van der Waals surface area contributed by atoms with E-state index in [9.17, 15) is 5.11 Å². The summed E-state index contributed by atoms with van der Waals surface area (Å²) in [5.74, 6) is 1.63. The normalized spacial score (nSPS) is 12.1. The van der Waals surface area contributed by atoms with Crippen molar-refractivity contribution in [2.24, 2.45) is 0 Å². The molecular weight excluding hydrogens is 719 g/mol. The molecule has 8 aromatic carbocycles. The summed E-state index contributed by atoms with van der Waals surface area (Å²) in [4.78, 5) is 0. The second-order valence-corrected chi connectivity index (χ2v) is 20.0. The number of ether oxygens (including phenoxy) is 1. The van der Waals surface area contributed by atoms with Crippen molar-refractivity contribution in [1.82, 2.24) is 0 Å². The predicted molar refractivity (Wildman–Crippen MR) is 243 cm³/mol. The molecule has 0 atom stereocenters. The van der Waals surface area contributed by atoms with Gasteiger partial charge in [-0.2, -0.15) is 0 Å². The molecule has 2 nitrogen and oxygen atoms in total. The molecule has 0 bridgehead atoms. The minimum atomic E-state index is -2.86. The molecule has 56 heavy (non-hydrogen) atoms. The van der Waals surface area contributed by atoms with E-state index in [1.165, 1.54) is 54.5 Å². The fourth-order valence-corrected chi connectivity index (χ4v) is 14.1. The second-order valence-electron chi connectivity index (χ2n) is 14.6. The van der Waals surface area contributed by atoms with Gasteiger partial charge in [0.2, 0.25) is 0 Å². The molecule has 0 unspecified atom stereocenters. The Kier molecular flexibility index (Phi) is 10.6. The summed E-state index contributed by atoms with van der Waals surface area (Å²) >= 11 is 0. The fraction of sp³-hybridized carbons (Fsp3) is 0.115. The van der Waals surface area contributed by atoms with Crippen molar-refractivity contribution in [1.29, 1.82) is 0 Å². The molecule has 0 aromatic heterocycles. The molecule has 276 valence electrons. The topological polar surface area (TPSA) is 32.3 Å². The molecule has 0 N–H and O–H groups in total. The smallest absolute Gasteiger partial charge is 0.139 e. The lowest BCUT2D eigenvalue weighted by Crippen LogP contribution is -2.33. The highest BCUT2D eigenvalue weighted by atomic mass is 31.2. The lowest BCUT2D eigenvalue weighted by atomic mass is 9.93. The number of hydrogen-bond donors (Lipinski definition) is 0. The van der Waals surface area contributed by atoms with Crippen LogP contribution in [-0.4, -0.2) is 6.61 Å². The molecule has 8 aromatic rings. The van der Waals surface area contributed by atoms with E-state index in [0.717, 1.165) is 32.2 Å². The van der Waals surface area contributed by atoms with Crippen LogP contribution >= 0.6 is 15.2 Å². The van der Waals surface area contributed by atoms with Crippen molar-refractivity contribution in [3.05, 3.63) is 204 Å². The zero-order valence-corrected chi connectivity index (χ0v) is 34.5. The Bertz CT molecular complexity index is 2590. The zero-order chi connectivity index (χ0) is 38.8. The molecule has 0 aliphatic carbocycles. The molecule has 0 fully saturated rings. The maximum absolute atomic E-state index is 14.2. The summed E-state index contributed by atoms with van der Waals surface area (Å²) in [6, 6.07) is 62.6. The Morgan fingerprint density at radius 1 is 0.518 bits per heavy atom. The van der Waals surface area contributed by atoms with Gasteiger partial charge >= 0.3 is 0 Å². The van der Waals surface area contributed by atoms with Gasteiger partial charge in [0.15, 0.2) is 0 Å². The molecule has 0 radical (unpaired) electrons. The van der Waals surface area contributed by atoms with E-state index in [-0.39, 0.29) is 5.95 Å². The van der Waals surface area contributed by atoms with Crippen LogP contribution in [-0.2, 0) is 4.74 Å². The Balaban J connectivity index is 1.59. The van der Waals surface area contributed by atoms with Gasteiger partial charge in [-0.3, -0.25) is 0 Å². The van der Waals surface area contributed by atoms with Crippen molar-refractivity contribution >= 4 is 68.6 Å². The fourth-order valence-electron chi connectivity index (χ4n) is 7.88. The molecule has 0 saturated carbocycles. The van der Waals surface area contributed by atoms with Crippen LogP contribution in [0.5, 0.6) is 0 Å². The zero-order valence-electron chi connectivity index (χ0n) is 32.7. The molecular formula is C52H46O2P2. The van der Waals surface area contributed by atoms with Crippen LogP contribution in [0.2, 0.25) is 0 Å². The molecule has 4 heteroatoms. The summed E-state index contributed by atoms with van der Waals surface area (Å²) in [6.07, 6.45) is 0. The highest BCUT2D eigenvalue weighted by molar-refractivity contribution is 7.98. The largest absolute Gasteiger partial charge is 0.611 e. The van der Waals surface area contributed by atoms with E-state index in [4.69, 9.17) is 4.74 Å². The first-order valence-corrected chi connectivity index (χ1v) is 22.5. The summed E-state index contributed by atoms with van der Waals surface area (Å²) in [7, 11) is -3.88. The lowest BCUT2D eigenvalue weighted by molar-refractivity contribution is -0.356. The van der Waals surface area contributed by atoms with Crippen LogP contribution in [0.3, 0.4) is 0 Å². The molecule has 0 heterocycles. The highest BCUT2D eigenvalue weighted by Gasteiger charge is 2.47. The van der Waals surface area contributed by atoms with Gasteiger partial charge in [0.25, 0.3) is 0 Å². The predicted octanol–water partition coefficient (Wildman–Crippen LogP) is 10.1. The van der Waals surface area contributed by atoms with Crippen LogP contribution in [0.25, 0.3) is 32.7 Å². The van der Waals surface area contributed by atoms with Gasteiger partial charge < -0.3 is 9.84 Å². The molecule has 8 rings (SSSR count). The summed E-state index contributed by atoms with van der Waals surface area (Å²) in [5.41, 5.74) is 7.19. The third-order valence-electron chi connectivity index (χ3n) is 10.7. The number of aryl methyl sites for hydroxylation is 4. The Hall–Kier alpha value is -5.52. The van der Waals surface area contributed by atoms with Crippen LogP contribution in [0.4, 0.5) is 0 Å². The van der Waals surface area contributed by atoms with Crippen molar-refractivity contribution in [2.45, 2.75) is 34.6 Å². The van der Waals surface area contributed by atoms with Crippen molar-refractivity contribution in [2.75, 3.05) is 6.61 Å². The number of rotatable bonds is 10. The molecule has 0 spiro atoms. The van der Waals surface area contributed by atoms with Crippen LogP contribution in [0, 0.1) is 27.7 Å². The quantitative estimate of drug-likeness (QED) is 0.103. The summed E-state index contributed by atoms with van der Waals surface area (Å²) in [5, 5.41) is 26.1. The molecule has 0 amide bonds. The van der Waals surface area contributed by atoms with Crippen molar-refractivity contribution in [3.63, 3.8) is 0 Å². The standard InChI is InChI=1S/C52H46O2P2/c1-6-54-50(53)35-56(44-29-19-38(4)20-30-44,45-31-21-39(5)22-32-45)49-34-24-41-12-8-10-14-47(41)52(49)51-46-13-9-7-11-40(46)23-33-48(51)55(42-25-15-36(2)16-26-42)43-27-17-37(3)18-28-43/h7-35H,6H2,1-5H3/b50-35+. The van der Waals surface area contributed by atoms with E-state index in [1.54, 1.807) is 0 Å². The Morgan fingerprint density at radius 2 is 0.946 bits per heavy atom. The van der Waals surface area contributed by atoms with Gasteiger partial charge in [0, 0.05) is 11.1 Å². The lowest BCUT2D eigenvalue weighted by Gasteiger charge is -2.31. The Morgan fingerprint density at radius 3 is 1.43 bits per heavy atom. The van der Waals surface area contributed by atoms with Gasteiger partial charge in [-0.1, -0.05) is 169 Å². The molecule has 0 aliphatic rings. The van der Waals surface area contributed by atoms with Crippen LogP contribution in [0.1, 0.15) is 29.2 Å². The molecule has 0 saturated heterocycles. The average Bonchev–Trinajstić information content (AvgIpc) is 3.22. The van der Waals surface area contributed by atoms with E-state index >= 15 is 0 Å². The second kappa shape index (κ2) is 15.9. The van der Waals surface area contributed by atoms with Gasteiger partial charge in [0.1, 0.15) is 23.2 Å². The van der Waals surface area contributed by atoms with Gasteiger partial charge in [0.05, 0.1) is 11.8 Å². The number of benzene rings is 8. The van der Waals surface area contributed by atoms with Gasteiger partial charge in [-0.15, -0.1) is 0 Å². The van der Waals surface area contributed by atoms with Crippen molar-refractivity contribution in [3.8, 4) is 11.1 Å². The minimum absolute atomic E-state index is 0.298. The van der Waals surface area contributed by atoms with Crippen molar-refractivity contribution < 1.29 is 9.84 Å². The third-order valence-corrected chi connectivity index (χ3v) is 17.2. The van der Waals surface area contributed by atoms with Gasteiger partial charge in [-0.25, -0.2) is 0 Å². The Labute approximate surface area is 333 Å². The minimum Gasteiger partial charge on any atom is -0.611 e. The maximum Gasteiger partial charge on any atom is 0.139 e. The van der Waals surface area contributed by atoms with Gasteiger partial charge in [-0.05, 0) is 110 Å². The van der Waals surface area contributed by atoms with E-state index < -0.39 is 15.2 Å². The first kappa shape index (κ1) is 37.4. The summed E-state index contributed by atoms with van der Waals surface area (Å²) < 4.78 is 5.85. The monoisotopic (exact) mass is 764 g/mol. The first-order valence-electron chi connectivity index (χ1n) is 19.3. The number of fused-ring (bicyclic) bond motifs is 2. The first-order chi connectivity index (χ1) is 27.3. The average molecular weight is 765 g/mol. The maximum atomic E-state index is 14.2. The van der Waals surface area contributed by atoms with Crippen LogP contribution in [0.15, 0.2) is 182 Å². The summed E-state index contributed by atoms with van der Waals surface area (Å²) in [6.45, 7) is 10.7. The third kappa shape index (κ3) is 7.05.